The standard InChI is InChI=1S/C16H18O6/c1-3-9-19-15(17)21-11-13-5-7-14(8-6-13)12-22-16(18)20-10-4-2/h3-8H,1-2,9-12H2. The number of hydrogen-bond acceptors (Lipinski definition) is 6. The third-order valence-electron chi connectivity index (χ3n) is 2.37. The second kappa shape index (κ2) is 10.0. The van der Waals surface area contributed by atoms with Crippen molar-refractivity contribution in [3.8, 4) is 0 Å². The summed E-state index contributed by atoms with van der Waals surface area (Å²) in [5.41, 5.74) is 1.57. The molecule has 1 aromatic rings. The molecule has 0 atom stereocenters. The fourth-order valence-electron chi connectivity index (χ4n) is 1.35. The van der Waals surface area contributed by atoms with Crippen molar-refractivity contribution >= 4 is 12.3 Å². The van der Waals surface area contributed by atoms with Gasteiger partial charge in [-0.2, -0.15) is 0 Å². The fraction of sp³-hybridized carbons (Fsp3) is 0.250. The zero-order valence-corrected chi connectivity index (χ0v) is 12.2. The number of carbonyl (C=O) groups excluding carboxylic acids is 2. The molecule has 0 aliphatic rings. The summed E-state index contributed by atoms with van der Waals surface area (Å²) in [5, 5.41) is 0. The molecule has 0 spiro atoms. The van der Waals surface area contributed by atoms with E-state index in [0.29, 0.717) is 0 Å². The summed E-state index contributed by atoms with van der Waals surface area (Å²) in [7, 11) is 0. The first-order valence-electron chi connectivity index (χ1n) is 6.54. The van der Waals surface area contributed by atoms with Gasteiger partial charge in [-0.05, 0) is 11.1 Å². The Bertz CT molecular complexity index is 459. The summed E-state index contributed by atoms with van der Waals surface area (Å²) in [6.45, 7) is 7.26. The molecule has 22 heavy (non-hydrogen) atoms. The van der Waals surface area contributed by atoms with Gasteiger partial charge in [0.2, 0.25) is 0 Å². The van der Waals surface area contributed by atoms with Gasteiger partial charge in [0.15, 0.2) is 0 Å². The van der Waals surface area contributed by atoms with Crippen LogP contribution in [0.2, 0.25) is 0 Å². The number of hydrogen-bond donors (Lipinski definition) is 0. The van der Waals surface area contributed by atoms with E-state index >= 15 is 0 Å². The molecule has 0 aliphatic carbocycles. The van der Waals surface area contributed by atoms with Crippen molar-refractivity contribution in [3.05, 3.63) is 60.7 Å². The van der Waals surface area contributed by atoms with Crippen molar-refractivity contribution in [3.63, 3.8) is 0 Å². The predicted molar refractivity (Wildman–Crippen MR) is 79.1 cm³/mol. The maximum absolute atomic E-state index is 11.1. The minimum atomic E-state index is -0.753. The molecule has 0 saturated carbocycles. The van der Waals surface area contributed by atoms with Crippen LogP contribution < -0.4 is 0 Å². The summed E-state index contributed by atoms with van der Waals surface area (Å²) in [6.07, 6.45) is 1.40. The van der Waals surface area contributed by atoms with E-state index in [1.54, 1.807) is 24.3 Å². The number of carbonyl (C=O) groups is 2. The molecule has 0 aromatic heterocycles. The van der Waals surface area contributed by atoms with Crippen molar-refractivity contribution in [1.29, 1.82) is 0 Å². The second-order valence-electron chi connectivity index (χ2n) is 4.09. The van der Waals surface area contributed by atoms with Crippen molar-refractivity contribution in [2.24, 2.45) is 0 Å². The molecular formula is C16H18O6. The lowest BCUT2D eigenvalue weighted by atomic mass is 10.1. The van der Waals surface area contributed by atoms with Gasteiger partial charge >= 0.3 is 12.3 Å². The van der Waals surface area contributed by atoms with E-state index in [2.05, 4.69) is 22.6 Å². The summed E-state index contributed by atoms with van der Waals surface area (Å²) in [6, 6.07) is 7.03. The van der Waals surface area contributed by atoms with Crippen molar-refractivity contribution in [2.45, 2.75) is 13.2 Å². The van der Waals surface area contributed by atoms with E-state index < -0.39 is 12.3 Å². The Morgan fingerprint density at radius 3 is 1.45 bits per heavy atom. The monoisotopic (exact) mass is 306 g/mol. The van der Waals surface area contributed by atoms with Gasteiger partial charge in [0.05, 0.1) is 0 Å². The van der Waals surface area contributed by atoms with Crippen LogP contribution in [0.5, 0.6) is 0 Å². The highest BCUT2D eigenvalue weighted by molar-refractivity contribution is 5.60. The minimum Gasteiger partial charge on any atom is -0.430 e. The molecule has 1 aromatic carbocycles. The Morgan fingerprint density at radius 1 is 0.773 bits per heavy atom. The van der Waals surface area contributed by atoms with Crippen molar-refractivity contribution in [1.82, 2.24) is 0 Å². The molecule has 0 saturated heterocycles. The zero-order valence-electron chi connectivity index (χ0n) is 12.2. The Labute approximate surface area is 128 Å². The molecule has 1 rings (SSSR count). The molecule has 0 fully saturated rings. The summed E-state index contributed by atoms with van der Waals surface area (Å²) < 4.78 is 19.1. The first kappa shape index (κ1) is 17.3. The van der Waals surface area contributed by atoms with Gasteiger partial charge in [-0.1, -0.05) is 49.6 Å². The van der Waals surface area contributed by atoms with Crippen LogP contribution in [0.4, 0.5) is 9.59 Å². The van der Waals surface area contributed by atoms with E-state index in [0.717, 1.165) is 11.1 Å². The third kappa shape index (κ3) is 7.14. The van der Waals surface area contributed by atoms with Crippen LogP contribution in [-0.4, -0.2) is 25.5 Å². The topological polar surface area (TPSA) is 71.1 Å². The van der Waals surface area contributed by atoms with E-state index in [1.807, 2.05) is 0 Å². The lowest BCUT2D eigenvalue weighted by molar-refractivity contribution is 0.0561. The molecule has 0 heterocycles. The van der Waals surface area contributed by atoms with Crippen molar-refractivity contribution in [2.75, 3.05) is 13.2 Å². The summed E-state index contributed by atoms with van der Waals surface area (Å²) in [4.78, 5) is 22.3. The molecular weight excluding hydrogens is 288 g/mol. The van der Waals surface area contributed by atoms with E-state index in [9.17, 15) is 9.59 Å². The van der Waals surface area contributed by atoms with Crippen LogP contribution in [0, 0.1) is 0 Å². The van der Waals surface area contributed by atoms with E-state index in [-0.39, 0.29) is 26.4 Å². The Balaban J connectivity index is 2.33. The maximum Gasteiger partial charge on any atom is 0.508 e. The van der Waals surface area contributed by atoms with Crippen LogP contribution in [0.25, 0.3) is 0 Å². The van der Waals surface area contributed by atoms with Crippen LogP contribution in [0.3, 0.4) is 0 Å². The summed E-state index contributed by atoms with van der Waals surface area (Å²) >= 11 is 0. The molecule has 0 bridgehead atoms. The maximum atomic E-state index is 11.1. The summed E-state index contributed by atoms with van der Waals surface area (Å²) in [5.74, 6) is 0. The predicted octanol–water partition coefficient (Wildman–Crippen LogP) is 3.37. The van der Waals surface area contributed by atoms with Crippen LogP contribution in [0.15, 0.2) is 49.6 Å². The van der Waals surface area contributed by atoms with Crippen LogP contribution >= 0.6 is 0 Å². The lowest BCUT2D eigenvalue weighted by Gasteiger charge is -2.07. The SMILES string of the molecule is C=CCOC(=O)OCc1ccc(COC(=O)OCC=C)cc1. The molecule has 0 amide bonds. The highest BCUT2D eigenvalue weighted by Gasteiger charge is 2.05. The molecule has 6 heteroatoms. The zero-order chi connectivity index (χ0) is 16.2. The average molecular weight is 306 g/mol. The highest BCUT2D eigenvalue weighted by Crippen LogP contribution is 2.08. The Morgan fingerprint density at radius 2 is 1.14 bits per heavy atom. The third-order valence-corrected chi connectivity index (χ3v) is 2.37. The molecule has 118 valence electrons. The minimum absolute atomic E-state index is 0.0957. The highest BCUT2D eigenvalue weighted by atomic mass is 16.7. The van der Waals surface area contributed by atoms with Gasteiger partial charge in [0, 0.05) is 0 Å². The van der Waals surface area contributed by atoms with Gasteiger partial charge < -0.3 is 18.9 Å². The largest absolute Gasteiger partial charge is 0.508 e. The quantitative estimate of drug-likeness (QED) is 0.541. The Hall–Kier alpha value is -2.76. The molecule has 0 aliphatic heterocycles. The molecule has 0 radical (unpaired) electrons. The van der Waals surface area contributed by atoms with Crippen molar-refractivity contribution < 1.29 is 28.5 Å². The first-order chi connectivity index (χ1) is 10.7. The van der Waals surface area contributed by atoms with Gasteiger partial charge in [-0.15, -0.1) is 0 Å². The van der Waals surface area contributed by atoms with Crippen LogP contribution in [0.1, 0.15) is 11.1 Å². The van der Waals surface area contributed by atoms with Crippen LogP contribution in [-0.2, 0) is 32.2 Å². The first-order valence-corrected chi connectivity index (χ1v) is 6.54. The molecule has 0 N–H and O–H groups in total. The average Bonchev–Trinajstić information content (AvgIpc) is 2.55. The molecule has 6 nitrogen and oxygen atoms in total. The van der Waals surface area contributed by atoms with Gasteiger partial charge in [0.1, 0.15) is 26.4 Å². The smallest absolute Gasteiger partial charge is 0.430 e. The van der Waals surface area contributed by atoms with E-state index in [1.165, 1.54) is 12.2 Å². The number of benzene rings is 1. The normalized spacial score (nSPS) is 9.45. The lowest BCUT2D eigenvalue weighted by Crippen LogP contribution is -2.08. The fourth-order valence-corrected chi connectivity index (χ4v) is 1.35. The van der Waals surface area contributed by atoms with Gasteiger partial charge in [-0.25, -0.2) is 9.59 Å². The number of ether oxygens (including phenoxy) is 4. The van der Waals surface area contributed by atoms with E-state index in [4.69, 9.17) is 9.47 Å². The molecule has 0 unspecified atom stereocenters. The number of rotatable bonds is 8. The van der Waals surface area contributed by atoms with Gasteiger partial charge in [0.25, 0.3) is 0 Å². The van der Waals surface area contributed by atoms with Gasteiger partial charge in [-0.3, -0.25) is 0 Å². The Kier molecular flexibility index (Phi) is 7.89. The second-order valence-corrected chi connectivity index (χ2v) is 4.09.